The van der Waals surface area contributed by atoms with Gasteiger partial charge in [0.15, 0.2) is 0 Å². The van der Waals surface area contributed by atoms with Crippen LogP contribution in [0.1, 0.15) is 16.8 Å². The van der Waals surface area contributed by atoms with Crippen LogP contribution < -0.4 is 11.2 Å². The average molecular weight is 344 g/mol. The molecule has 124 valence electrons. The van der Waals surface area contributed by atoms with Gasteiger partial charge in [-0.1, -0.05) is 18.2 Å². The van der Waals surface area contributed by atoms with Crippen molar-refractivity contribution in [2.45, 2.75) is 17.7 Å². The largest absolute Gasteiger partial charge is 0.416 e. The molecule has 0 saturated heterocycles. The van der Waals surface area contributed by atoms with Crippen LogP contribution in [0.25, 0.3) is 0 Å². The van der Waals surface area contributed by atoms with Crippen LogP contribution in [0.3, 0.4) is 0 Å². The number of benzene rings is 1. The van der Waals surface area contributed by atoms with Gasteiger partial charge in [0.1, 0.15) is 0 Å². The topological polar surface area (TPSA) is 44.0 Å². The molecule has 0 unspecified atom stereocenters. The molecule has 2 rings (SSSR count). The van der Waals surface area contributed by atoms with E-state index in [-0.39, 0.29) is 17.1 Å². The number of alkyl halides is 3. The van der Waals surface area contributed by atoms with Crippen molar-refractivity contribution in [3.8, 4) is 0 Å². The zero-order valence-corrected chi connectivity index (χ0v) is 13.4. The van der Waals surface area contributed by atoms with E-state index in [4.69, 9.17) is 0 Å². The molecule has 0 fully saturated rings. The Kier molecular flexibility index (Phi) is 5.03. The predicted octanol–water partition coefficient (Wildman–Crippen LogP) is 2.54. The first kappa shape index (κ1) is 17.4. The number of aromatic nitrogens is 2. The van der Waals surface area contributed by atoms with E-state index >= 15 is 0 Å². The molecule has 0 saturated carbocycles. The second-order valence-corrected chi connectivity index (χ2v) is 6.01. The lowest BCUT2D eigenvalue weighted by molar-refractivity contribution is -0.138. The molecule has 0 N–H and O–H groups in total. The molecule has 0 aliphatic rings. The Labute approximate surface area is 134 Å². The lowest BCUT2D eigenvalue weighted by atomic mass is 10.1. The van der Waals surface area contributed by atoms with Crippen molar-refractivity contribution in [1.82, 2.24) is 9.13 Å². The maximum absolute atomic E-state index is 12.9. The minimum atomic E-state index is -4.40. The summed E-state index contributed by atoms with van der Waals surface area (Å²) in [6.07, 6.45) is -4.40. The Morgan fingerprint density at radius 2 is 1.70 bits per heavy atom. The number of hydrogen-bond donors (Lipinski definition) is 0. The number of hydrogen-bond acceptors (Lipinski definition) is 3. The van der Waals surface area contributed by atoms with Crippen LogP contribution >= 0.6 is 11.8 Å². The molecule has 8 heteroatoms. The SMILES string of the molecule is Cn1c(CSCc2ccccc2C(F)(F)F)cc(=O)n(C)c1=O. The molecule has 0 spiro atoms. The third-order valence-electron chi connectivity index (χ3n) is 3.46. The van der Waals surface area contributed by atoms with Crippen molar-refractivity contribution in [2.75, 3.05) is 0 Å². The monoisotopic (exact) mass is 344 g/mol. The van der Waals surface area contributed by atoms with Crippen LogP contribution in [0.4, 0.5) is 13.2 Å². The number of halogens is 3. The smallest absolute Gasteiger partial charge is 0.300 e. The summed E-state index contributed by atoms with van der Waals surface area (Å²) in [6.45, 7) is 0. The Balaban J connectivity index is 2.16. The van der Waals surface area contributed by atoms with Gasteiger partial charge < -0.3 is 0 Å². The van der Waals surface area contributed by atoms with Crippen molar-refractivity contribution >= 4 is 11.8 Å². The van der Waals surface area contributed by atoms with Crippen LogP contribution in [0, 0.1) is 0 Å². The van der Waals surface area contributed by atoms with Crippen molar-refractivity contribution in [3.05, 3.63) is 68.0 Å². The van der Waals surface area contributed by atoms with E-state index < -0.39 is 23.0 Å². The lowest BCUT2D eigenvalue weighted by Gasteiger charge is -2.13. The maximum Gasteiger partial charge on any atom is 0.416 e. The van der Waals surface area contributed by atoms with Gasteiger partial charge in [0, 0.05) is 37.4 Å². The summed E-state index contributed by atoms with van der Waals surface area (Å²) in [5.41, 5.74) is -0.889. The molecule has 1 aromatic heterocycles. The van der Waals surface area contributed by atoms with Gasteiger partial charge in [-0.3, -0.25) is 13.9 Å². The summed E-state index contributed by atoms with van der Waals surface area (Å²) < 4.78 is 41.0. The van der Waals surface area contributed by atoms with Gasteiger partial charge in [-0.05, 0) is 11.6 Å². The fraction of sp³-hybridized carbons (Fsp3) is 0.333. The highest BCUT2D eigenvalue weighted by molar-refractivity contribution is 7.97. The van der Waals surface area contributed by atoms with E-state index in [1.165, 1.54) is 48.6 Å². The van der Waals surface area contributed by atoms with E-state index in [0.29, 0.717) is 5.69 Å². The van der Waals surface area contributed by atoms with Gasteiger partial charge in [-0.15, -0.1) is 0 Å². The molecule has 1 aromatic carbocycles. The summed E-state index contributed by atoms with van der Waals surface area (Å²) >= 11 is 1.22. The zero-order chi connectivity index (χ0) is 17.2. The first-order chi connectivity index (χ1) is 10.7. The molecule has 1 heterocycles. The standard InChI is InChI=1S/C15H15F3N2O2S/c1-19-11(7-13(21)20(2)14(19)22)9-23-8-10-5-3-4-6-12(10)15(16,17)18/h3-7H,8-9H2,1-2H3. The van der Waals surface area contributed by atoms with Crippen molar-refractivity contribution in [3.63, 3.8) is 0 Å². The molecular formula is C15H15F3N2O2S. The summed E-state index contributed by atoms with van der Waals surface area (Å²) in [5.74, 6) is 0.410. The Morgan fingerprint density at radius 3 is 2.35 bits per heavy atom. The third-order valence-corrected chi connectivity index (χ3v) is 4.47. The fourth-order valence-corrected chi connectivity index (χ4v) is 3.16. The van der Waals surface area contributed by atoms with Gasteiger partial charge >= 0.3 is 11.9 Å². The van der Waals surface area contributed by atoms with Crippen LogP contribution in [-0.4, -0.2) is 9.13 Å². The lowest BCUT2D eigenvalue weighted by Crippen LogP contribution is -2.37. The van der Waals surface area contributed by atoms with Crippen LogP contribution in [0.5, 0.6) is 0 Å². The van der Waals surface area contributed by atoms with E-state index in [0.717, 1.165) is 10.6 Å². The maximum atomic E-state index is 12.9. The van der Waals surface area contributed by atoms with E-state index in [2.05, 4.69) is 0 Å². The van der Waals surface area contributed by atoms with Gasteiger partial charge in [0.2, 0.25) is 0 Å². The molecule has 0 amide bonds. The highest BCUT2D eigenvalue weighted by atomic mass is 32.2. The third kappa shape index (κ3) is 3.87. The Bertz CT molecular complexity index is 825. The number of rotatable bonds is 4. The summed E-state index contributed by atoms with van der Waals surface area (Å²) in [7, 11) is 2.91. The molecule has 0 bridgehead atoms. The number of nitrogens with zero attached hydrogens (tertiary/aromatic N) is 2. The first-order valence-electron chi connectivity index (χ1n) is 6.70. The molecular weight excluding hydrogens is 329 g/mol. The molecule has 0 aliphatic heterocycles. The summed E-state index contributed by atoms with van der Waals surface area (Å²) in [5, 5.41) is 0. The van der Waals surface area contributed by atoms with Gasteiger partial charge in [0.25, 0.3) is 5.56 Å². The van der Waals surface area contributed by atoms with Gasteiger partial charge in [-0.2, -0.15) is 24.9 Å². The summed E-state index contributed by atoms with van der Waals surface area (Å²) in [6, 6.07) is 6.70. The van der Waals surface area contributed by atoms with E-state index in [9.17, 15) is 22.8 Å². The predicted molar refractivity (Wildman–Crippen MR) is 83.4 cm³/mol. The Hall–Kier alpha value is -1.96. The van der Waals surface area contributed by atoms with Crippen LogP contribution in [0.15, 0.2) is 39.9 Å². The minimum absolute atomic E-state index is 0.138. The molecule has 0 atom stereocenters. The zero-order valence-electron chi connectivity index (χ0n) is 12.6. The molecule has 4 nitrogen and oxygen atoms in total. The van der Waals surface area contributed by atoms with Crippen molar-refractivity contribution < 1.29 is 13.2 Å². The quantitative estimate of drug-likeness (QED) is 0.856. The highest BCUT2D eigenvalue weighted by Crippen LogP contribution is 2.33. The second-order valence-electron chi connectivity index (χ2n) is 5.02. The summed E-state index contributed by atoms with van der Waals surface area (Å²) in [4.78, 5) is 23.4. The minimum Gasteiger partial charge on any atom is -0.300 e. The van der Waals surface area contributed by atoms with E-state index in [1.807, 2.05) is 0 Å². The number of thioether (sulfide) groups is 1. The molecule has 0 aliphatic carbocycles. The van der Waals surface area contributed by atoms with Gasteiger partial charge in [-0.25, -0.2) is 4.79 Å². The Morgan fingerprint density at radius 1 is 1.04 bits per heavy atom. The molecule has 2 aromatic rings. The average Bonchev–Trinajstić information content (AvgIpc) is 2.49. The highest BCUT2D eigenvalue weighted by Gasteiger charge is 2.32. The van der Waals surface area contributed by atoms with Crippen molar-refractivity contribution in [2.24, 2.45) is 14.1 Å². The van der Waals surface area contributed by atoms with Crippen LogP contribution in [0.2, 0.25) is 0 Å². The van der Waals surface area contributed by atoms with Gasteiger partial charge in [0.05, 0.1) is 5.56 Å². The molecule has 0 radical (unpaired) electrons. The van der Waals surface area contributed by atoms with Crippen molar-refractivity contribution in [1.29, 1.82) is 0 Å². The molecule has 23 heavy (non-hydrogen) atoms. The fourth-order valence-electron chi connectivity index (χ4n) is 2.11. The first-order valence-corrected chi connectivity index (χ1v) is 7.86. The normalized spacial score (nSPS) is 11.7. The second kappa shape index (κ2) is 6.66. The van der Waals surface area contributed by atoms with E-state index in [1.54, 1.807) is 6.07 Å². The van der Waals surface area contributed by atoms with Crippen LogP contribution in [-0.2, 0) is 31.8 Å².